The lowest BCUT2D eigenvalue weighted by atomic mass is 9.72. The highest BCUT2D eigenvalue weighted by Crippen LogP contribution is 2.42. The van der Waals surface area contributed by atoms with Gasteiger partial charge in [0.1, 0.15) is 0 Å². The maximum Gasteiger partial charge on any atom is 0.335 e. The number of benzene rings is 2. The molecule has 2 N–H and O–H groups in total. The van der Waals surface area contributed by atoms with Crippen LogP contribution in [0.2, 0.25) is 0 Å². The average molecular weight is 715 g/mol. The van der Waals surface area contributed by atoms with Gasteiger partial charge in [-0.1, -0.05) is 109 Å². The van der Waals surface area contributed by atoms with E-state index in [1.54, 1.807) is 12.5 Å². The summed E-state index contributed by atoms with van der Waals surface area (Å²) in [5.41, 5.74) is 9.55. The average Bonchev–Trinajstić information content (AvgIpc) is 3.18. The number of carbonyl (C=O) groups is 1. The Kier molecular flexibility index (Phi) is 17.6. The van der Waals surface area contributed by atoms with Crippen molar-refractivity contribution in [2.75, 3.05) is 19.8 Å². The van der Waals surface area contributed by atoms with Crippen molar-refractivity contribution in [2.45, 2.75) is 149 Å². The van der Waals surface area contributed by atoms with Crippen molar-refractivity contribution in [2.24, 2.45) is 23.7 Å². The molecule has 0 saturated heterocycles. The minimum absolute atomic E-state index is 0.0688. The number of aryl methyl sites for hydroxylation is 3. The largest absolute Gasteiger partial charge is 0.462 e. The number of hydrogen-bond acceptors (Lipinski definition) is 5. The minimum Gasteiger partial charge on any atom is -0.462 e. The van der Waals surface area contributed by atoms with Gasteiger partial charge in [0.15, 0.2) is 6.29 Å². The van der Waals surface area contributed by atoms with Gasteiger partial charge in [-0.3, -0.25) is 0 Å². The Morgan fingerprint density at radius 3 is 2.13 bits per heavy atom. The van der Waals surface area contributed by atoms with Gasteiger partial charge in [0.2, 0.25) is 0 Å². The van der Waals surface area contributed by atoms with Crippen molar-refractivity contribution in [3.8, 4) is 11.1 Å². The number of unbranched alkanes of at least 4 members (excludes halogenated alkanes) is 2. The van der Waals surface area contributed by atoms with E-state index < -0.39 is 18.9 Å². The molecule has 2 fully saturated rings. The molecular formula is C47H70O5. The lowest BCUT2D eigenvalue weighted by Gasteiger charge is -2.35. The third-order valence-corrected chi connectivity index (χ3v) is 12.4. The smallest absolute Gasteiger partial charge is 0.335 e. The van der Waals surface area contributed by atoms with E-state index in [0.29, 0.717) is 30.4 Å². The summed E-state index contributed by atoms with van der Waals surface area (Å²) < 4.78 is 11.1. The summed E-state index contributed by atoms with van der Waals surface area (Å²) in [5, 5.41) is 19.4. The normalized spacial score (nSPS) is 21.7. The molecule has 0 aromatic heterocycles. The van der Waals surface area contributed by atoms with Crippen LogP contribution in [0.25, 0.3) is 11.1 Å². The molecule has 2 atom stereocenters. The van der Waals surface area contributed by atoms with E-state index in [0.717, 1.165) is 37.5 Å². The first-order chi connectivity index (χ1) is 25.2. The molecule has 2 unspecified atom stereocenters. The van der Waals surface area contributed by atoms with E-state index in [2.05, 4.69) is 70.3 Å². The van der Waals surface area contributed by atoms with Crippen molar-refractivity contribution in [1.82, 2.24) is 0 Å². The first-order valence-corrected chi connectivity index (χ1v) is 20.8. The van der Waals surface area contributed by atoms with Crippen LogP contribution in [0, 0.1) is 23.7 Å². The lowest BCUT2D eigenvalue weighted by molar-refractivity contribution is -0.140. The molecule has 0 bridgehead atoms. The number of carbonyl (C=O) groups excluding carboxylic acids is 1. The molecule has 2 aliphatic carbocycles. The van der Waals surface area contributed by atoms with Crippen molar-refractivity contribution in [3.63, 3.8) is 0 Å². The van der Waals surface area contributed by atoms with Crippen molar-refractivity contribution in [1.29, 1.82) is 0 Å². The van der Waals surface area contributed by atoms with Crippen molar-refractivity contribution in [3.05, 3.63) is 83.0 Å². The van der Waals surface area contributed by atoms with Crippen LogP contribution in [-0.2, 0) is 33.5 Å². The second-order valence-electron chi connectivity index (χ2n) is 16.1. The summed E-state index contributed by atoms with van der Waals surface area (Å²) >= 11 is 0. The van der Waals surface area contributed by atoms with Crippen LogP contribution in [0.15, 0.2) is 60.7 Å². The monoisotopic (exact) mass is 715 g/mol. The molecule has 2 aromatic rings. The minimum atomic E-state index is -0.976. The zero-order valence-corrected chi connectivity index (χ0v) is 33.1. The van der Waals surface area contributed by atoms with E-state index in [-0.39, 0.29) is 18.1 Å². The zero-order valence-electron chi connectivity index (χ0n) is 33.1. The van der Waals surface area contributed by atoms with Gasteiger partial charge in [-0.05, 0) is 146 Å². The molecule has 2 aromatic carbocycles. The van der Waals surface area contributed by atoms with Gasteiger partial charge in [-0.2, -0.15) is 0 Å². The van der Waals surface area contributed by atoms with Gasteiger partial charge < -0.3 is 19.7 Å². The molecule has 2 saturated carbocycles. The second kappa shape index (κ2) is 21.8. The maximum atomic E-state index is 12.0. The highest BCUT2D eigenvalue weighted by Gasteiger charge is 2.30. The molecule has 5 nitrogen and oxygen atoms in total. The predicted octanol–water partition coefficient (Wildman–Crippen LogP) is 11.1. The standard InChI is InChI=1S/C47H70O5/c1-7-10-11-12-39-23-24-43(29-37(39)8-2)45-26-25-42(30-38(45)9-3)40-19-15-35(16-20-40)13-14-36-17-21-41(22-18-36)44(32-52-46(49)33(4)5)27-28-51-47(50)34(6)31-48/h23-26,29-30,35-36,40-41,44,46,48-49H,4,6-22,27-28,31-32H2,1-3,5H3. The van der Waals surface area contributed by atoms with Gasteiger partial charge in [0.25, 0.3) is 0 Å². The second-order valence-corrected chi connectivity index (χ2v) is 16.1. The van der Waals surface area contributed by atoms with Gasteiger partial charge >= 0.3 is 5.97 Å². The Labute approximate surface area is 316 Å². The van der Waals surface area contributed by atoms with Gasteiger partial charge in [0, 0.05) is 0 Å². The van der Waals surface area contributed by atoms with E-state index in [9.17, 15) is 9.90 Å². The third kappa shape index (κ3) is 12.4. The van der Waals surface area contributed by atoms with Crippen LogP contribution in [-0.4, -0.2) is 42.3 Å². The Morgan fingerprint density at radius 1 is 0.846 bits per heavy atom. The van der Waals surface area contributed by atoms with Crippen LogP contribution in [0.5, 0.6) is 0 Å². The molecule has 2 aliphatic rings. The van der Waals surface area contributed by atoms with Gasteiger partial charge in [0.05, 0.1) is 25.4 Å². The summed E-state index contributed by atoms with van der Waals surface area (Å²) in [4.78, 5) is 12.0. The summed E-state index contributed by atoms with van der Waals surface area (Å²) in [6.45, 7) is 16.3. The van der Waals surface area contributed by atoms with E-state index in [4.69, 9.17) is 14.6 Å². The molecule has 0 aliphatic heterocycles. The number of hydrogen-bond donors (Lipinski definition) is 2. The fourth-order valence-electron chi connectivity index (χ4n) is 8.86. The molecule has 288 valence electrons. The Hall–Kier alpha value is -2.73. The fraction of sp³-hybridized carbons (Fsp3) is 0.638. The molecule has 0 amide bonds. The van der Waals surface area contributed by atoms with Crippen LogP contribution in [0.4, 0.5) is 0 Å². The van der Waals surface area contributed by atoms with Crippen LogP contribution in [0.3, 0.4) is 0 Å². The van der Waals surface area contributed by atoms with E-state index >= 15 is 0 Å². The van der Waals surface area contributed by atoms with Crippen molar-refractivity contribution >= 4 is 5.97 Å². The third-order valence-electron chi connectivity index (χ3n) is 12.4. The maximum absolute atomic E-state index is 12.0. The quantitative estimate of drug-likeness (QED) is 0.0443. The summed E-state index contributed by atoms with van der Waals surface area (Å²) in [6, 6.07) is 14.6. The highest BCUT2D eigenvalue weighted by atomic mass is 16.6. The predicted molar refractivity (Wildman–Crippen MR) is 215 cm³/mol. The van der Waals surface area contributed by atoms with E-state index in [1.807, 2.05) is 0 Å². The molecule has 0 spiro atoms. The molecule has 5 heteroatoms. The molecule has 0 radical (unpaired) electrons. The lowest BCUT2D eigenvalue weighted by Crippen LogP contribution is -2.29. The number of ether oxygens (including phenoxy) is 2. The highest BCUT2D eigenvalue weighted by molar-refractivity contribution is 5.87. The van der Waals surface area contributed by atoms with Crippen LogP contribution < -0.4 is 0 Å². The van der Waals surface area contributed by atoms with Crippen LogP contribution in [0.1, 0.15) is 146 Å². The first kappa shape index (κ1) is 42.0. The fourth-order valence-corrected chi connectivity index (χ4v) is 8.86. The van der Waals surface area contributed by atoms with E-state index in [1.165, 1.54) is 105 Å². The molecular weight excluding hydrogens is 645 g/mol. The summed E-state index contributed by atoms with van der Waals surface area (Å²) in [6.07, 6.45) is 19.6. The number of rotatable bonds is 21. The zero-order chi connectivity index (χ0) is 37.5. The number of esters is 1. The molecule has 0 heterocycles. The topological polar surface area (TPSA) is 76.0 Å². The van der Waals surface area contributed by atoms with Gasteiger partial charge in [-0.15, -0.1) is 0 Å². The van der Waals surface area contributed by atoms with Crippen LogP contribution >= 0.6 is 0 Å². The summed E-state index contributed by atoms with van der Waals surface area (Å²) in [7, 11) is 0. The van der Waals surface area contributed by atoms with Crippen molar-refractivity contribution < 1.29 is 24.5 Å². The Morgan fingerprint density at radius 2 is 1.52 bits per heavy atom. The number of aliphatic hydroxyl groups excluding tert-OH is 2. The molecule has 52 heavy (non-hydrogen) atoms. The SMILES string of the molecule is C=C(CO)C(=O)OCCC(COC(O)C(=C)C)C1CCC(CCC2CCC(c3ccc(-c4ccc(CCCCC)c(CC)c4)c(CC)c3)CC2)CC1. The Bertz CT molecular complexity index is 1410. The van der Waals surface area contributed by atoms with Gasteiger partial charge in [-0.25, -0.2) is 4.79 Å². The Balaban J connectivity index is 1.24. The molecule has 4 rings (SSSR count). The summed E-state index contributed by atoms with van der Waals surface area (Å²) in [5.74, 6) is 2.42. The number of aliphatic hydroxyl groups is 2. The first-order valence-electron chi connectivity index (χ1n) is 20.8.